The van der Waals surface area contributed by atoms with E-state index in [0.717, 1.165) is 32.2 Å². The van der Waals surface area contributed by atoms with Gasteiger partial charge in [-0.25, -0.2) is 9.97 Å². The molecule has 1 aromatic rings. The molecule has 1 saturated carbocycles. The van der Waals surface area contributed by atoms with E-state index >= 15 is 0 Å². The Morgan fingerprint density at radius 3 is 2.44 bits per heavy atom. The molecule has 2 N–H and O–H groups in total. The van der Waals surface area contributed by atoms with Crippen molar-refractivity contribution in [2.45, 2.75) is 25.7 Å². The van der Waals surface area contributed by atoms with Gasteiger partial charge in [-0.3, -0.25) is 4.79 Å². The molecule has 0 aromatic carbocycles. The van der Waals surface area contributed by atoms with Crippen LogP contribution in [-0.2, 0) is 0 Å². The van der Waals surface area contributed by atoms with E-state index in [9.17, 15) is 4.79 Å². The van der Waals surface area contributed by atoms with Gasteiger partial charge in [0.15, 0.2) is 5.78 Å². The highest BCUT2D eigenvalue weighted by Crippen LogP contribution is 2.30. The minimum atomic E-state index is 0.147. The third kappa shape index (κ3) is 2.44. The zero-order valence-corrected chi connectivity index (χ0v) is 9.30. The zero-order chi connectivity index (χ0) is 11.4. The monoisotopic (exact) mass is 219 g/mol. The van der Waals surface area contributed by atoms with Crippen molar-refractivity contribution < 1.29 is 4.79 Å². The molecule has 0 saturated heterocycles. The highest BCUT2D eigenvalue weighted by molar-refractivity contribution is 5.97. The Morgan fingerprint density at radius 1 is 1.25 bits per heavy atom. The van der Waals surface area contributed by atoms with E-state index in [1.165, 1.54) is 6.33 Å². The van der Waals surface area contributed by atoms with Crippen molar-refractivity contribution in [1.29, 1.82) is 0 Å². The molecule has 0 bridgehead atoms. The molecule has 2 rings (SSSR count). The molecular formula is C12H17N3O. The molecule has 0 amide bonds. The number of Topliss-reactive ketones (excluding diaryl/α,β-unsaturated/α-hetero) is 1. The van der Waals surface area contributed by atoms with Gasteiger partial charge in [0.05, 0.1) is 5.56 Å². The minimum Gasteiger partial charge on any atom is -0.330 e. The molecule has 0 radical (unpaired) electrons. The van der Waals surface area contributed by atoms with Crippen LogP contribution in [0.15, 0.2) is 18.7 Å². The Kier molecular flexibility index (Phi) is 3.62. The lowest BCUT2D eigenvalue weighted by Gasteiger charge is -2.26. The summed E-state index contributed by atoms with van der Waals surface area (Å²) in [5.74, 6) is 0.945. The average Bonchev–Trinajstić information content (AvgIpc) is 2.39. The molecule has 1 aromatic heterocycles. The van der Waals surface area contributed by atoms with Crippen LogP contribution in [0.4, 0.5) is 0 Å². The second kappa shape index (κ2) is 5.16. The first-order valence-electron chi connectivity index (χ1n) is 5.80. The number of hydrogen-bond acceptors (Lipinski definition) is 4. The van der Waals surface area contributed by atoms with E-state index in [2.05, 4.69) is 9.97 Å². The maximum Gasteiger partial charge on any atom is 0.169 e. The Bertz CT molecular complexity index is 345. The smallest absolute Gasteiger partial charge is 0.169 e. The number of aromatic nitrogens is 2. The average molecular weight is 219 g/mol. The third-order valence-electron chi connectivity index (χ3n) is 3.40. The van der Waals surface area contributed by atoms with Crippen molar-refractivity contribution in [3.63, 3.8) is 0 Å². The first kappa shape index (κ1) is 11.2. The number of hydrogen-bond donors (Lipinski definition) is 1. The number of ketones is 1. The first-order chi connectivity index (χ1) is 7.81. The van der Waals surface area contributed by atoms with Crippen molar-refractivity contribution in [2.75, 3.05) is 6.54 Å². The Balaban J connectivity index is 1.97. The van der Waals surface area contributed by atoms with Crippen molar-refractivity contribution in [1.82, 2.24) is 9.97 Å². The van der Waals surface area contributed by atoms with Crippen LogP contribution in [0.2, 0.25) is 0 Å². The molecule has 0 aliphatic heterocycles. The van der Waals surface area contributed by atoms with Gasteiger partial charge in [-0.15, -0.1) is 0 Å². The quantitative estimate of drug-likeness (QED) is 0.781. The van der Waals surface area contributed by atoms with Gasteiger partial charge >= 0.3 is 0 Å². The number of nitrogens with zero attached hydrogens (tertiary/aromatic N) is 2. The summed E-state index contributed by atoms with van der Waals surface area (Å²) in [4.78, 5) is 19.8. The van der Waals surface area contributed by atoms with Gasteiger partial charge in [0.1, 0.15) is 6.33 Å². The zero-order valence-electron chi connectivity index (χ0n) is 9.30. The molecule has 4 nitrogen and oxygen atoms in total. The van der Waals surface area contributed by atoms with E-state index in [4.69, 9.17) is 5.73 Å². The van der Waals surface area contributed by atoms with Crippen molar-refractivity contribution >= 4 is 5.78 Å². The Hall–Kier alpha value is -1.29. The molecule has 0 unspecified atom stereocenters. The van der Waals surface area contributed by atoms with E-state index in [1.54, 1.807) is 12.4 Å². The van der Waals surface area contributed by atoms with Crippen molar-refractivity contribution in [3.8, 4) is 0 Å². The largest absolute Gasteiger partial charge is 0.330 e. The molecule has 0 atom stereocenters. The normalized spacial score (nSPS) is 25.3. The van der Waals surface area contributed by atoms with Gasteiger partial charge in [-0.2, -0.15) is 0 Å². The second-order valence-corrected chi connectivity index (χ2v) is 4.44. The van der Waals surface area contributed by atoms with E-state index in [0.29, 0.717) is 11.5 Å². The van der Waals surface area contributed by atoms with Gasteiger partial charge in [0.2, 0.25) is 0 Å². The summed E-state index contributed by atoms with van der Waals surface area (Å²) in [5, 5.41) is 0. The predicted octanol–water partition coefficient (Wildman–Crippen LogP) is 1.42. The SMILES string of the molecule is NCC1CCC(C(=O)c2cncnc2)CC1. The molecule has 16 heavy (non-hydrogen) atoms. The minimum absolute atomic E-state index is 0.147. The van der Waals surface area contributed by atoms with Gasteiger partial charge in [-0.05, 0) is 38.1 Å². The van der Waals surface area contributed by atoms with Crippen LogP contribution in [0.5, 0.6) is 0 Å². The fourth-order valence-electron chi connectivity index (χ4n) is 2.32. The lowest BCUT2D eigenvalue weighted by molar-refractivity contribution is 0.0873. The molecule has 1 aliphatic carbocycles. The van der Waals surface area contributed by atoms with Crippen LogP contribution >= 0.6 is 0 Å². The van der Waals surface area contributed by atoms with Crippen LogP contribution in [0, 0.1) is 11.8 Å². The molecular weight excluding hydrogens is 202 g/mol. The van der Waals surface area contributed by atoms with Gasteiger partial charge < -0.3 is 5.73 Å². The maximum atomic E-state index is 12.1. The number of nitrogens with two attached hydrogens (primary N) is 1. The van der Waals surface area contributed by atoms with E-state index < -0.39 is 0 Å². The van der Waals surface area contributed by atoms with Crippen LogP contribution in [-0.4, -0.2) is 22.3 Å². The molecule has 86 valence electrons. The van der Waals surface area contributed by atoms with Crippen LogP contribution < -0.4 is 5.73 Å². The fourth-order valence-corrected chi connectivity index (χ4v) is 2.32. The number of rotatable bonds is 3. The Labute approximate surface area is 95.3 Å². The molecule has 0 spiro atoms. The van der Waals surface area contributed by atoms with E-state index in [1.807, 2.05) is 0 Å². The molecule has 1 heterocycles. The Morgan fingerprint density at radius 2 is 1.88 bits per heavy atom. The van der Waals surface area contributed by atoms with Gasteiger partial charge in [-0.1, -0.05) is 0 Å². The standard InChI is InChI=1S/C12H17N3O/c13-5-9-1-3-10(4-2-9)12(16)11-6-14-8-15-7-11/h6-10H,1-5,13H2. The summed E-state index contributed by atoms with van der Waals surface area (Å²) in [6, 6.07) is 0. The van der Waals surface area contributed by atoms with Gasteiger partial charge in [0.25, 0.3) is 0 Å². The van der Waals surface area contributed by atoms with Crippen molar-refractivity contribution in [3.05, 3.63) is 24.3 Å². The lowest BCUT2D eigenvalue weighted by atomic mass is 9.79. The van der Waals surface area contributed by atoms with Crippen molar-refractivity contribution in [2.24, 2.45) is 17.6 Å². The summed E-state index contributed by atoms with van der Waals surface area (Å²) in [6.07, 6.45) is 8.70. The lowest BCUT2D eigenvalue weighted by Crippen LogP contribution is -2.25. The van der Waals surface area contributed by atoms with Crippen LogP contribution in [0.3, 0.4) is 0 Å². The first-order valence-corrected chi connectivity index (χ1v) is 5.80. The highest BCUT2D eigenvalue weighted by atomic mass is 16.1. The molecule has 1 aliphatic rings. The fraction of sp³-hybridized carbons (Fsp3) is 0.583. The number of carbonyl (C=O) groups is 1. The van der Waals surface area contributed by atoms with Gasteiger partial charge in [0, 0.05) is 18.3 Å². The summed E-state index contributed by atoms with van der Waals surface area (Å²) in [6.45, 7) is 0.745. The van der Waals surface area contributed by atoms with E-state index in [-0.39, 0.29) is 11.7 Å². The maximum absolute atomic E-state index is 12.1. The summed E-state index contributed by atoms with van der Waals surface area (Å²) >= 11 is 0. The molecule has 1 fully saturated rings. The number of carbonyl (C=O) groups excluding carboxylic acids is 1. The summed E-state index contributed by atoms with van der Waals surface area (Å²) in [7, 11) is 0. The van der Waals surface area contributed by atoms with Crippen LogP contribution in [0.25, 0.3) is 0 Å². The second-order valence-electron chi connectivity index (χ2n) is 4.44. The third-order valence-corrected chi connectivity index (χ3v) is 3.40. The molecule has 4 heteroatoms. The highest BCUT2D eigenvalue weighted by Gasteiger charge is 2.26. The van der Waals surface area contributed by atoms with Crippen LogP contribution in [0.1, 0.15) is 36.0 Å². The predicted molar refractivity (Wildman–Crippen MR) is 60.9 cm³/mol. The summed E-state index contributed by atoms with van der Waals surface area (Å²) < 4.78 is 0. The summed E-state index contributed by atoms with van der Waals surface area (Å²) in [5.41, 5.74) is 6.27. The topological polar surface area (TPSA) is 68.9 Å².